The molecule has 4 heteroatoms. The Morgan fingerprint density at radius 3 is 2.41 bits per heavy atom. The third-order valence-corrected chi connectivity index (χ3v) is 3.15. The van der Waals surface area contributed by atoms with Gasteiger partial charge in [0.05, 0.1) is 24.3 Å². The number of hydrogen-bond donors (Lipinski definition) is 0. The maximum absolute atomic E-state index is 12.0. The second kappa shape index (κ2) is 6.64. The van der Waals surface area contributed by atoms with Crippen LogP contribution < -0.4 is 9.47 Å². The highest BCUT2D eigenvalue weighted by atomic mass is 79.9. The van der Waals surface area contributed by atoms with Gasteiger partial charge in [-0.2, -0.15) is 0 Å². The van der Waals surface area contributed by atoms with Crippen molar-refractivity contribution in [1.29, 1.82) is 0 Å². The normalized spacial score (nSPS) is 10.1. The summed E-state index contributed by atoms with van der Waals surface area (Å²) >= 11 is 3.37. The highest BCUT2D eigenvalue weighted by Crippen LogP contribution is 2.33. The smallest absolute Gasteiger partial charge is 0.166 e. The van der Waals surface area contributed by atoms with Gasteiger partial charge in [-0.3, -0.25) is 4.79 Å². The van der Waals surface area contributed by atoms with Gasteiger partial charge in [-0.05, 0) is 28.4 Å². The molecule has 0 spiro atoms. The zero-order valence-electron chi connectivity index (χ0n) is 10.4. The standard InChI is InChI=1S/C13H17BrO3/c1-4-5-6-11(15)9-7-10(14)13(17-3)8-12(9)16-2/h7-8H,4-6H2,1-3H3. The van der Waals surface area contributed by atoms with Crippen LogP contribution >= 0.6 is 15.9 Å². The van der Waals surface area contributed by atoms with Crippen molar-refractivity contribution in [1.82, 2.24) is 0 Å². The van der Waals surface area contributed by atoms with E-state index in [2.05, 4.69) is 22.9 Å². The van der Waals surface area contributed by atoms with E-state index in [9.17, 15) is 4.79 Å². The molecule has 0 heterocycles. The summed E-state index contributed by atoms with van der Waals surface area (Å²) in [5, 5.41) is 0. The Morgan fingerprint density at radius 1 is 1.24 bits per heavy atom. The molecule has 1 aromatic rings. The third kappa shape index (κ3) is 3.46. The van der Waals surface area contributed by atoms with Crippen LogP contribution in [0, 0.1) is 0 Å². The van der Waals surface area contributed by atoms with Crippen LogP contribution in [-0.4, -0.2) is 20.0 Å². The number of Topliss-reactive ketones (excluding diaryl/α,β-unsaturated/α-hetero) is 1. The quantitative estimate of drug-likeness (QED) is 0.749. The van der Waals surface area contributed by atoms with Crippen molar-refractivity contribution < 1.29 is 14.3 Å². The molecule has 0 atom stereocenters. The number of ether oxygens (including phenoxy) is 2. The SMILES string of the molecule is CCCCC(=O)c1cc(Br)c(OC)cc1OC. The van der Waals surface area contributed by atoms with E-state index in [1.54, 1.807) is 26.4 Å². The summed E-state index contributed by atoms with van der Waals surface area (Å²) in [4.78, 5) is 12.0. The fraction of sp³-hybridized carbons (Fsp3) is 0.462. The van der Waals surface area contributed by atoms with E-state index in [1.165, 1.54) is 0 Å². The van der Waals surface area contributed by atoms with E-state index < -0.39 is 0 Å². The second-order valence-corrected chi connectivity index (χ2v) is 4.57. The summed E-state index contributed by atoms with van der Waals surface area (Å²) in [5.41, 5.74) is 0.605. The fourth-order valence-electron chi connectivity index (χ4n) is 1.55. The van der Waals surface area contributed by atoms with E-state index in [1.807, 2.05) is 0 Å². The number of hydrogen-bond acceptors (Lipinski definition) is 3. The summed E-state index contributed by atoms with van der Waals surface area (Å²) in [6.07, 6.45) is 2.45. The van der Waals surface area contributed by atoms with Gasteiger partial charge in [0, 0.05) is 12.5 Å². The van der Waals surface area contributed by atoms with E-state index in [-0.39, 0.29) is 5.78 Å². The average Bonchev–Trinajstić information content (AvgIpc) is 2.35. The first kappa shape index (κ1) is 14.0. The predicted octanol–water partition coefficient (Wildman–Crippen LogP) is 3.84. The van der Waals surface area contributed by atoms with Crippen LogP contribution in [0.15, 0.2) is 16.6 Å². The van der Waals surface area contributed by atoms with Gasteiger partial charge in [-0.1, -0.05) is 13.3 Å². The van der Waals surface area contributed by atoms with Crippen molar-refractivity contribution in [2.75, 3.05) is 14.2 Å². The maximum atomic E-state index is 12.0. The molecule has 0 saturated carbocycles. The largest absolute Gasteiger partial charge is 0.496 e. The van der Waals surface area contributed by atoms with Crippen LogP contribution in [0.1, 0.15) is 36.5 Å². The predicted molar refractivity (Wildman–Crippen MR) is 71.1 cm³/mol. The molecule has 0 fully saturated rings. The first-order valence-electron chi connectivity index (χ1n) is 5.58. The van der Waals surface area contributed by atoms with E-state index >= 15 is 0 Å². The number of carbonyl (C=O) groups is 1. The molecule has 0 aromatic heterocycles. The van der Waals surface area contributed by atoms with Crippen LogP contribution in [-0.2, 0) is 0 Å². The summed E-state index contributed by atoms with van der Waals surface area (Å²) in [6.45, 7) is 2.06. The molecule has 17 heavy (non-hydrogen) atoms. The summed E-state index contributed by atoms with van der Waals surface area (Å²) in [6, 6.07) is 3.49. The molecule has 0 N–H and O–H groups in total. The molecular formula is C13H17BrO3. The van der Waals surface area contributed by atoms with E-state index in [0.717, 1.165) is 17.3 Å². The maximum Gasteiger partial charge on any atom is 0.166 e. The fourth-order valence-corrected chi connectivity index (χ4v) is 2.06. The Morgan fingerprint density at radius 2 is 1.88 bits per heavy atom. The molecule has 0 saturated heterocycles. The number of ketones is 1. The van der Waals surface area contributed by atoms with Crippen molar-refractivity contribution in [2.24, 2.45) is 0 Å². The summed E-state index contributed by atoms with van der Waals surface area (Å²) < 4.78 is 11.2. The molecule has 1 aromatic carbocycles. The van der Waals surface area contributed by atoms with Crippen LogP contribution in [0.2, 0.25) is 0 Å². The van der Waals surface area contributed by atoms with Gasteiger partial charge in [-0.15, -0.1) is 0 Å². The topological polar surface area (TPSA) is 35.5 Å². The summed E-state index contributed by atoms with van der Waals surface area (Å²) in [5.74, 6) is 1.33. The van der Waals surface area contributed by atoms with Gasteiger partial charge >= 0.3 is 0 Å². The monoisotopic (exact) mass is 300 g/mol. The van der Waals surface area contributed by atoms with Crippen molar-refractivity contribution in [3.63, 3.8) is 0 Å². The zero-order valence-corrected chi connectivity index (χ0v) is 12.0. The number of rotatable bonds is 6. The first-order valence-corrected chi connectivity index (χ1v) is 6.38. The lowest BCUT2D eigenvalue weighted by molar-refractivity contribution is 0.0976. The molecule has 94 valence electrons. The van der Waals surface area contributed by atoms with Gasteiger partial charge in [0.2, 0.25) is 0 Å². The van der Waals surface area contributed by atoms with E-state index in [0.29, 0.717) is 23.5 Å². The lowest BCUT2D eigenvalue weighted by Gasteiger charge is -2.11. The number of halogens is 1. The molecule has 0 radical (unpaired) electrons. The molecule has 0 aliphatic heterocycles. The summed E-state index contributed by atoms with van der Waals surface area (Å²) in [7, 11) is 3.14. The first-order chi connectivity index (χ1) is 8.13. The van der Waals surface area contributed by atoms with Gasteiger partial charge in [0.1, 0.15) is 11.5 Å². The van der Waals surface area contributed by atoms with E-state index in [4.69, 9.17) is 9.47 Å². The van der Waals surface area contributed by atoms with Gasteiger partial charge in [0.25, 0.3) is 0 Å². The lowest BCUT2D eigenvalue weighted by atomic mass is 10.0. The number of benzene rings is 1. The molecule has 0 aliphatic carbocycles. The van der Waals surface area contributed by atoms with Crippen molar-refractivity contribution in [2.45, 2.75) is 26.2 Å². The van der Waals surface area contributed by atoms with Crippen LogP contribution in [0.3, 0.4) is 0 Å². The Balaban J connectivity index is 3.05. The number of unbranched alkanes of at least 4 members (excludes halogenated alkanes) is 1. The molecule has 1 rings (SSSR count). The minimum Gasteiger partial charge on any atom is -0.496 e. The molecule has 0 unspecified atom stereocenters. The zero-order chi connectivity index (χ0) is 12.8. The van der Waals surface area contributed by atoms with Crippen LogP contribution in [0.4, 0.5) is 0 Å². The minimum atomic E-state index is 0.104. The van der Waals surface area contributed by atoms with Gasteiger partial charge in [-0.25, -0.2) is 0 Å². The molecule has 0 bridgehead atoms. The molecule has 0 amide bonds. The van der Waals surface area contributed by atoms with Crippen molar-refractivity contribution in [3.05, 3.63) is 22.2 Å². The third-order valence-electron chi connectivity index (χ3n) is 2.53. The Kier molecular flexibility index (Phi) is 5.48. The Bertz CT molecular complexity index is 402. The van der Waals surface area contributed by atoms with Crippen molar-refractivity contribution in [3.8, 4) is 11.5 Å². The van der Waals surface area contributed by atoms with Crippen molar-refractivity contribution >= 4 is 21.7 Å². The minimum absolute atomic E-state index is 0.104. The van der Waals surface area contributed by atoms with Crippen LogP contribution in [0.25, 0.3) is 0 Å². The number of methoxy groups -OCH3 is 2. The highest BCUT2D eigenvalue weighted by molar-refractivity contribution is 9.10. The second-order valence-electron chi connectivity index (χ2n) is 3.71. The Hall–Kier alpha value is -1.03. The van der Waals surface area contributed by atoms with Gasteiger partial charge < -0.3 is 9.47 Å². The van der Waals surface area contributed by atoms with Gasteiger partial charge in [0.15, 0.2) is 5.78 Å². The average molecular weight is 301 g/mol. The molecule has 0 aliphatic rings. The van der Waals surface area contributed by atoms with Crippen LogP contribution in [0.5, 0.6) is 11.5 Å². The molecule has 3 nitrogen and oxygen atoms in total. The lowest BCUT2D eigenvalue weighted by Crippen LogP contribution is -2.03. The molecular weight excluding hydrogens is 284 g/mol. The number of carbonyl (C=O) groups excluding carboxylic acids is 1. The highest BCUT2D eigenvalue weighted by Gasteiger charge is 2.15. The Labute approximate surface area is 110 Å².